The molecule has 1 amide bonds. The maximum Gasteiger partial charge on any atom is 0.254 e. The number of aromatic amines is 1. The SMILES string of the molecule is C[C@H](Nc1cc(C(N)=O)ccn1)c1cc2cc(Cl)cnc2[nH]c1=O. The molecule has 0 aliphatic rings. The van der Waals surface area contributed by atoms with Gasteiger partial charge >= 0.3 is 0 Å². The molecule has 122 valence electrons. The van der Waals surface area contributed by atoms with E-state index in [1.165, 1.54) is 24.5 Å². The zero-order valence-electron chi connectivity index (χ0n) is 12.7. The number of carbonyl (C=O) groups is 1. The van der Waals surface area contributed by atoms with E-state index in [0.29, 0.717) is 27.6 Å². The lowest BCUT2D eigenvalue weighted by atomic mass is 10.1. The Balaban J connectivity index is 1.95. The minimum atomic E-state index is -0.544. The first-order valence-corrected chi connectivity index (χ1v) is 7.52. The Morgan fingerprint density at radius 2 is 2.12 bits per heavy atom. The number of pyridine rings is 3. The van der Waals surface area contributed by atoms with Crippen LogP contribution in [0, 0.1) is 0 Å². The van der Waals surface area contributed by atoms with E-state index < -0.39 is 5.91 Å². The zero-order chi connectivity index (χ0) is 17.3. The number of nitrogens with zero attached hydrogens (tertiary/aromatic N) is 2. The minimum absolute atomic E-state index is 0.261. The van der Waals surface area contributed by atoms with E-state index in [2.05, 4.69) is 20.3 Å². The number of halogens is 1. The van der Waals surface area contributed by atoms with Gasteiger partial charge in [-0.15, -0.1) is 0 Å². The van der Waals surface area contributed by atoms with Crippen molar-refractivity contribution in [3.05, 3.63) is 63.2 Å². The Labute approximate surface area is 141 Å². The molecule has 0 fully saturated rings. The largest absolute Gasteiger partial charge is 0.366 e. The van der Waals surface area contributed by atoms with Crippen molar-refractivity contribution in [2.45, 2.75) is 13.0 Å². The van der Waals surface area contributed by atoms with Gasteiger partial charge in [-0.2, -0.15) is 0 Å². The van der Waals surface area contributed by atoms with Crippen LogP contribution in [-0.2, 0) is 0 Å². The fourth-order valence-electron chi connectivity index (χ4n) is 2.37. The third-order valence-corrected chi connectivity index (χ3v) is 3.77. The smallest absolute Gasteiger partial charge is 0.254 e. The van der Waals surface area contributed by atoms with E-state index in [9.17, 15) is 9.59 Å². The summed E-state index contributed by atoms with van der Waals surface area (Å²) in [5.74, 6) is -0.0973. The lowest BCUT2D eigenvalue weighted by molar-refractivity contribution is 0.1000. The molecule has 3 aromatic rings. The fourth-order valence-corrected chi connectivity index (χ4v) is 2.53. The summed E-state index contributed by atoms with van der Waals surface area (Å²) in [5, 5.41) is 4.29. The van der Waals surface area contributed by atoms with Crippen LogP contribution in [0.15, 0.2) is 41.5 Å². The standard InChI is InChI=1S/C16H14ClN5O2/c1-8(21-13-6-9(14(18)23)2-3-19-13)12-5-10-4-11(17)7-20-15(10)22-16(12)24/h2-8H,1H3,(H2,18,23)(H,19,21)(H,20,22,24)/t8-/m0/s1. The number of H-pyrrole nitrogens is 1. The molecule has 4 N–H and O–H groups in total. The van der Waals surface area contributed by atoms with Gasteiger partial charge in [-0.25, -0.2) is 9.97 Å². The normalized spacial score (nSPS) is 12.1. The van der Waals surface area contributed by atoms with Crippen molar-refractivity contribution in [3.63, 3.8) is 0 Å². The third-order valence-electron chi connectivity index (χ3n) is 3.56. The lowest BCUT2D eigenvalue weighted by Crippen LogP contribution is -2.20. The summed E-state index contributed by atoms with van der Waals surface area (Å²) in [6.45, 7) is 1.81. The summed E-state index contributed by atoms with van der Waals surface area (Å²) in [6, 6.07) is 6.15. The summed E-state index contributed by atoms with van der Waals surface area (Å²) in [5.41, 5.74) is 6.30. The molecular weight excluding hydrogens is 330 g/mol. The molecule has 3 rings (SSSR count). The monoisotopic (exact) mass is 343 g/mol. The summed E-state index contributed by atoms with van der Waals surface area (Å²) in [4.78, 5) is 34.4. The molecule has 0 radical (unpaired) electrons. The van der Waals surface area contributed by atoms with Crippen LogP contribution in [0.2, 0.25) is 5.02 Å². The molecule has 0 bridgehead atoms. The van der Waals surface area contributed by atoms with E-state index >= 15 is 0 Å². The van der Waals surface area contributed by atoms with E-state index in [0.717, 1.165) is 5.39 Å². The van der Waals surface area contributed by atoms with Gasteiger partial charge in [-0.3, -0.25) is 9.59 Å². The second-order valence-electron chi connectivity index (χ2n) is 5.31. The number of aromatic nitrogens is 3. The maximum atomic E-state index is 12.3. The number of anilines is 1. The van der Waals surface area contributed by atoms with E-state index in [4.69, 9.17) is 17.3 Å². The number of rotatable bonds is 4. The number of amides is 1. The van der Waals surface area contributed by atoms with Gasteiger partial charge in [0.05, 0.1) is 11.1 Å². The Hall–Kier alpha value is -2.93. The molecule has 3 heterocycles. The van der Waals surface area contributed by atoms with Crippen molar-refractivity contribution in [1.29, 1.82) is 0 Å². The fraction of sp³-hybridized carbons (Fsp3) is 0.125. The highest BCUT2D eigenvalue weighted by atomic mass is 35.5. The molecule has 1 atom stereocenters. The Bertz CT molecular complexity index is 986. The first kappa shape index (κ1) is 15.9. The van der Waals surface area contributed by atoms with Gasteiger partial charge in [-0.1, -0.05) is 11.6 Å². The van der Waals surface area contributed by atoms with Gasteiger partial charge in [0.25, 0.3) is 5.56 Å². The highest BCUT2D eigenvalue weighted by molar-refractivity contribution is 6.31. The van der Waals surface area contributed by atoms with Crippen LogP contribution < -0.4 is 16.6 Å². The molecule has 24 heavy (non-hydrogen) atoms. The predicted octanol–water partition coefficient (Wildman–Crippen LogP) is 2.24. The molecule has 0 aliphatic carbocycles. The van der Waals surface area contributed by atoms with Crippen LogP contribution in [-0.4, -0.2) is 20.9 Å². The van der Waals surface area contributed by atoms with Crippen LogP contribution in [0.25, 0.3) is 11.0 Å². The first-order chi connectivity index (χ1) is 11.4. The van der Waals surface area contributed by atoms with Crippen LogP contribution >= 0.6 is 11.6 Å². The van der Waals surface area contributed by atoms with Crippen LogP contribution in [0.5, 0.6) is 0 Å². The van der Waals surface area contributed by atoms with Crippen molar-refractivity contribution in [3.8, 4) is 0 Å². The predicted molar refractivity (Wildman–Crippen MR) is 92.2 cm³/mol. The Kier molecular flexibility index (Phi) is 4.18. The van der Waals surface area contributed by atoms with Crippen LogP contribution in [0.4, 0.5) is 5.82 Å². The van der Waals surface area contributed by atoms with Gasteiger partial charge < -0.3 is 16.0 Å². The van der Waals surface area contributed by atoms with E-state index in [1.54, 1.807) is 12.1 Å². The van der Waals surface area contributed by atoms with Gasteiger partial charge in [0.15, 0.2) is 0 Å². The molecule has 3 aromatic heterocycles. The molecule has 0 unspecified atom stereocenters. The lowest BCUT2D eigenvalue weighted by Gasteiger charge is -2.15. The summed E-state index contributed by atoms with van der Waals surface area (Å²) < 4.78 is 0. The van der Waals surface area contributed by atoms with Crippen molar-refractivity contribution in [2.24, 2.45) is 5.73 Å². The number of fused-ring (bicyclic) bond motifs is 1. The molecule has 8 heteroatoms. The highest BCUT2D eigenvalue weighted by Gasteiger charge is 2.13. The maximum absolute atomic E-state index is 12.3. The number of hydrogen-bond donors (Lipinski definition) is 3. The van der Waals surface area contributed by atoms with Crippen molar-refractivity contribution in [2.75, 3.05) is 5.32 Å². The molecule has 0 saturated heterocycles. The van der Waals surface area contributed by atoms with Crippen LogP contribution in [0.1, 0.15) is 28.9 Å². The highest BCUT2D eigenvalue weighted by Crippen LogP contribution is 2.20. The second-order valence-corrected chi connectivity index (χ2v) is 5.74. The van der Waals surface area contributed by atoms with Crippen LogP contribution in [0.3, 0.4) is 0 Å². The Morgan fingerprint density at radius 3 is 2.88 bits per heavy atom. The summed E-state index contributed by atoms with van der Waals surface area (Å²) in [6.07, 6.45) is 2.95. The first-order valence-electron chi connectivity index (χ1n) is 7.15. The van der Waals surface area contributed by atoms with Crippen molar-refractivity contribution in [1.82, 2.24) is 15.0 Å². The van der Waals surface area contributed by atoms with Gasteiger partial charge in [0.1, 0.15) is 11.5 Å². The van der Waals surface area contributed by atoms with Crippen molar-refractivity contribution >= 4 is 34.4 Å². The molecule has 0 saturated carbocycles. The number of hydrogen-bond acceptors (Lipinski definition) is 5. The molecule has 0 aliphatic heterocycles. The Morgan fingerprint density at radius 1 is 1.33 bits per heavy atom. The summed E-state index contributed by atoms with van der Waals surface area (Å²) >= 11 is 5.94. The third kappa shape index (κ3) is 3.21. The molecule has 7 nitrogen and oxygen atoms in total. The number of nitrogens with two attached hydrogens (primary N) is 1. The van der Waals surface area contributed by atoms with Crippen molar-refractivity contribution < 1.29 is 4.79 Å². The topological polar surface area (TPSA) is 114 Å². The van der Waals surface area contributed by atoms with E-state index in [-0.39, 0.29) is 11.6 Å². The molecule has 0 aromatic carbocycles. The summed E-state index contributed by atoms with van der Waals surface area (Å²) in [7, 11) is 0. The number of carbonyl (C=O) groups excluding carboxylic acids is 1. The zero-order valence-corrected chi connectivity index (χ0v) is 13.5. The quantitative estimate of drug-likeness (QED) is 0.672. The second kappa shape index (κ2) is 6.29. The minimum Gasteiger partial charge on any atom is -0.366 e. The molecule has 0 spiro atoms. The van der Waals surface area contributed by atoms with Gasteiger partial charge in [-0.05, 0) is 31.2 Å². The van der Waals surface area contributed by atoms with E-state index in [1.807, 2.05) is 6.92 Å². The van der Waals surface area contributed by atoms with Gasteiger partial charge in [0.2, 0.25) is 5.91 Å². The number of primary amides is 1. The average Bonchev–Trinajstić information content (AvgIpc) is 2.54. The molecular formula is C16H14ClN5O2. The number of nitrogens with one attached hydrogen (secondary N) is 2. The van der Waals surface area contributed by atoms with Gasteiger partial charge in [0, 0.05) is 28.9 Å². The average molecular weight is 344 g/mol.